The highest BCUT2D eigenvalue weighted by Crippen LogP contribution is 2.40. The van der Waals surface area contributed by atoms with Crippen molar-refractivity contribution in [1.82, 2.24) is 5.32 Å². The maximum atomic E-state index is 14.3. The average Bonchev–Trinajstić information content (AvgIpc) is 2.69. The molecule has 2 aromatic carbocycles. The molecule has 1 atom stereocenters. The van der Waals surface area contributed by atoms with Gasteiger partial charge in [-0.05, 0) is 51.3 Å². The maximum Gasteiger partial charge on any atom is 0.402 e. The Hall–Kier alpha value is -1.40. The molecule has 2 rings (SSSR count). The molecular weight excluding hydrogens is 640 g/mol. The van der Waals surface area contributed by atoms with E-state index in [1.165, 1.54) is 42.5 Å². The lowest BCUT2D eigenvalue weighted by Crippen LogP contribution is -2.33. The van der Waals surface area contributed by atoms with E-state index in [1.54, 1.807) is 0 Å². The van der Waals surface area contributed by atoms with Gasteiger partial charge >= 0.3 is 6.18 Å². The molecule has 0 saturated carbocycles. The lowest BCUT2D eigenvalue weighted by atomic mass is 9.92. The van der Waals surface area contributed by atoms with Crippen LogP contribution in [0.5, 0.6) is 0 Å². The Morgan fingerprint density at radius 3 is 2.17 bits per heavy atom. The molecule has 0 aliphatic rings. The summed E-state index contributed by atoms with van der Waals surface area (Å²) in [6.45, 7) is 0.210. The van der Waals surface area contributed by atoms with E-state index >= 15 is 0 Å². The molecule has 2 aromatic rings. The molecule has 1 unspecified atom stereocenters. The van der Waals surface area contributed by atoms with Gasteiger partial charge in [-0.15, -0.1) is 0 Å². The molecule has 0 bridgehead atoms. The summed E-state index contributed by atoms with van der Waals surface area (Å²) in [6.07, 6.45) is -2.24. The van der Waals surface area contributed by atoms with Crippen LogP contribution in [0.1, 0.15) is 34.3 Å². The first-order chi connectivity index (χ1) is 16.4. The van der Waals surface area contributed by atoms with Gasteiger partial charge in [-0.3, -0.25) is 4.79 Å². The maximum absolute atomic E-state index is 14.3. The minimum Gasteiger partial charge on any atom is -0.351 e. The van der Waals surface area contributed by atoms with Crippen molar-refractivity contribution in [1.29, 1.82) is 0 Å². The van der Waals surface area contributed by atoms with Crippen LogP contribution in [0.25, 0.3) is 6.08 Å². The van der Waals surface area contributed by atoms with Gasteiger partial charge in [0.2, 0.25) is 0 Å². The normalized spacial score (nSPS) is 13.7. The van der Waals surface area contributed by atoms with Crippen LogP contribution < -0.4 is 5.32 Å². The Kier molecular flexibility index (Phi) is 10.3. The summed E-state index contributed by atoms with van der Waals surface area (Å²) in [6, 6.07) is 6.83. The van der Waals surface area contributed by atoms with E-state index in [1.807, 2.05) is 0 Å². The third-order valence-electron chi connectivity index (χ3n) is 4.71. The first kappa shape index (κ1) is 30.8. The summed E-state index contributed by atoms with van der Waals surface area (Å²) in [7, 11) is -4.44. The van der Waals surface area contributed by atoms with Gasteiger partial charge in [0.15, 0.2) is 9.84 Å². The summed E-state index contributed by atoms with van der Waals surface area (Å²) in [5.74, 6) is -8.21. The summed E-state index contributed by atoms with van der Waals surface area (Å²) < 4.78 is 88.7. The van der Waals surface area contributed by atoms with Crippen LogP contribution in [0.15, 0.2) is 40.9 Å². The Morgan fingerprint density at radius 2 is 1.67 bits per heavy atom. The highest BCUT2D eigenvalue weighted by atomic mass is 79.9. The number of allylic oxidation sites excluding steroid dienone is 1. The number of carbonyl (C=O) groups is 1. The zero-order chi connectivity index (χ0) is 27.5. The fraction of sp³-hybridized carbons (Fsp3) is 0.318. The number of carbonyl (C=O) groups excluding carboxylic acids is 1. The molecule has 0 spiro atoms. The average molecular weight is 658 g/mol. The van der Waals surface area contributed by atoms with Crippen molar-refractivity contribution in [3.8, 4) is 0 Å². The van der Waals surface area contributed by atoms with Crippen LogP contribution in [0, 0.1) is 0 Å². The van der Waals surface area contributed by atoms with Crippen LogP contribution in [0.2, 0.25) is 15.1 Å². The van der Waals surface area contributed by atoms with Crippen molar-refractivity contribution < 1.29 is 35.2 Å². The zero-order valence-electron chi connectivity index (χ0n) is 18.3. The van der Waals surface area contributed by atoms with E-state index in [0.717, 1.165) is 6.92 Å². The van der Waals surface area contributed by atoms with Crippen molar-refractivity contribution in [2.45, 2.75) is 24.9 Å². The lowest BCUT2D eigenvalue weighted by Gasteiger charge is -2.22. The summed E-state index contributed by atoms with van der Waals surface area (Å²) in [4.78, 5) is 12.3. The molecule has 36 heavy (non-hydrogen) atoms. The fourth-order valence-electron chi connectivity index (χ4n) is 3.09. The Labute approximate surface area is 227 Å². The van der Waals surface area contributed by atoms with Gasteiger partial charge in [0.05, 0.1) is 32.3 Å². The topological polar surface area (TPSA) is 63.2 Å². The number of sulfone groups is 1. The van der Waals surface area contributed by atoms with Crippen LogP contribution in [-0.4, -0.2) is 44.5 Å². The van der Waals surface area contributed by atoms with Gasteiger partial charge in [-0.25, -0.2) is 17.2 Å². The third-order valence-corrected chi connectivity index (χ3v) is 8.16. The molecule has 4 nitrogen and oxygen atoms in total. The number of amides is 1. The van der Waals surface area contributed by atoms with Crippen LogP contribution in [0.3, 0.4) is 0 Å². The number of alkyl halides is 5. The summed E-state index contributed by atoms with van der Waals surface area (Å²) in [5, 5.41) is 2.32. The van der Waals surface area contributed by atoms with Gasteiger partial charge in [-0.1, -0.05) is 53.0 Å². The Balaban J connectivity index is 2.16. The predicted octanol–water partition coefficient (Wildman–Crippen LogP) is 7.57. The number of hydrogen-bond donors (Lipinski definition) is 1. The van der Waals surface area contributed by atoms with E-state index in [9.17, 15) is 35.2 Å². The number of rotatable bonds is 9. The molecule has 0 aliphatic carbocycles. The number of benzene rings is 2. The zero-order valence-corrected chi connectivity index (χ0v) is 22.9. The van der Waals surface area contributed by atoms with E-state index in [0.29, 0.717) is 5.56 Å². The molecule has 14 heteroatoms. The summed E-state index contributed by atoms with van der Waals surface area (Å²) in [5.41, 5.74) is 0.634. The van der Waals surface area contributed by atoms with Gasteiger partial charge in [0.1, 0.15) is 5.75 Å². The third kappa shape index (κ3) is 9.16. The molecule has 1 N–H and O–H groups in total. The quantitative estimate of drug-likeness (QED) is 0.224. The fourth-order valence-corrected chi connectivity index (χ4v) is 5.34. The van der Waals surface area contributed by atoms with E-state index in [4.69, 9.17) is 34.8 Å². The smallest absolute Gasteiger partial charge is 0.351 e. The Morgan fingerprint density at radius 1 is 1.08 bits per heavy atom. The Bertz CT molecular complexity index is 1240. The number of halogens is 9. The van der Waals surface area contributed by atoms with Crippen molar-refractivity contribution in [2.24, 2.45) is 0 Å². The van der Waals surface area contributed by atoms with Gasteiger partial charge in [0, 0.05) is 17.9 Å². The molecule has 0 aromatic heterocycles. The first-order valence-corrected chi connectivity index (χ1v) is 13.7. The number of nitrogens with one attached hydrogen (secondary N) is 1. The standard InChI is InChI=1S/C22H18BrCl3F5NO3S/c1-21(27,28)15(13-9-17(24)19(26)18(25)10-13)5-3-12-2-4-14(16(23)8-12)20(33)32-6-7-36(34,35)11-22(29,30)31/h2-5,8-10,15H,6-7,11H2,1H3,(H,32,33)/b5-3+. The second kappa shape index (κ2) is 12.0. The van der Waals surface area contributed by atoms with Crippen molar-refractivity contribution in [2.75, 3.05) is 18.1 Å². The highest BCUT2D eigenvalue weighted by Gasteiger charge is 2.35. The first-order valence-electron chi connectivity index (χ1n) is 9.95. The second-order valence-corrected chi connectivity index (χ2v) is 12.0. The minimum absolute atomic E-state index is 0.0196. The van der Waals surface area contributed by atoms with Crippen LogP contribution in [0.4, 0.5) is 22.0 Å². The molecule has 1 amide bonds. The summed E-state index contributed by atoms with van der Waals surface area (Å²) >= 11 is 21.0. The lowest BCUT2D eigenvalue weighted by molar-refractivity contribution is -0.106. The molecule has 0 radical (unpaired) electrons. The van der Waals surface area contributed by atoms with E-state index in [2.05, 4.69) is 21.2 Å². The molecule has 0 saturated heterocycles. The highest BCUT2D eigenvalue weighted by molar-refractivity contribution is 9.10. The van der Waals surface area contributed by atoms with Crippen LogP contribution in [-0.2, 0) is 9.84 Å². The monoisotopic (exact) mass is 655 g/mol. The largest absolute Gasteiger partial charge is 0.402 e. The predicted molar refractivity (Wildman–Crippen MR) is 135 cm³/mol. The minimum atomic E-state index is -4.87. The van der Waals surface area contributed by atoms with E-state index < -0.39 is 51.8 Å². The van der Waals surface area contributed by atoms with Gasteiger partial charge in [0.25, 0.3) is 11.8 Å². The molecule has 198 valence electrons. The van der Waals surface area contributed by atoms with Crippen molar-refractivity contribution in [3.63, 3.8) is 0 Å². The van der Waals surface area contributed by atoms with Gasteiger partial charge in [-0.2, -0.15) is 13.2 Å². The molecule has 0 aliphatic heterocycles. The SMILES string of the molecule is CC(F)(F)C(/C=C/c1ccc(C(=O)NCCS(=O)(=O)CC(F)(F)F)c(Br)c1)c1cc(Cl)c(Cl)c(Cl)c1. The second-order valence-electron chi connectivity index (χ2n) is 7.79. The van der Waals surface area contributed by atoms with Crippen LogP contribution >= 0.6 is 50.7 Å². The molecular formula is C22H18BrCl3F5NO3S. The number of hydrogen-bond acceptors (Lipinski definition) is 3. The van der Waals surface area contributed by atoms with Gasteiger partial charge < -0.3 is 5.32 Å². The van der Waals surface area contributed by atoms with E-state index in [-0.39, 0.29) is 30.7 Å². The van der Waals surface area contributed by atoms with Crippen molar-refractivity contribution in [3.05, 3.63) is 72.6 Å². The molecule has 0 heterocycles. The van der Waals surface area contributed by atoms with Crippen molar-refractivity contribution >= 4 is 72.6 Å². The molecule has 0 fully saturated rings.